The van der Waals surface area contributed by atoms with E-state index < -0.39 is 0 Å². The highest BCUT2D eigenvalue weighted by atomic mass is 32.2. The molecule has 0 bridgehead atoms. The largest absolute Gasteiger partial charge is 0.343 e. The maximum absolute atomic E-state index is 12.0. The SMILES string of the molecule is CCCn1c(SCc2cc(=O)n3ccccc3n2)n[nH]c1=O. The van der Waals surface area contributed by atoms with E-state index in [0.717, 1.165) is 6.42 Å². The molecule has 0 amide bonds. The van der Waals surface area contributed by atoms with Crippen LogP contribution in [0.5, 0.6) is 0 Å². The molecule has 0 radical (unpaired) electrons. The van der Waals surface area contributed by atoms with Gasteiger partial charge >= 0.3 is 5.69 Å². The number of nitrogens with one attached hydrogen (secondary N) is 1. The Morgan fingerprint density at radius 2 is 2.18 bits per heavy atom. The lowest BCUT2D eigenvalue weighted by Gasteiger charge is -2.05. The second-order valence-electron chi connectivity index (χ2n) is 4.77. The first-order valence-corrected chi connectivity index (χ1v) is 7.93. The summed E-state index contributed by atoms with van der Waals surface area (Å²) in [6, 6.07) is 6.93. The van der Waals surface area contributed by atoms with Gasteiger partial charge in [0.2, 0.25) is 0 Å². The maximum Gasteiger partial charge on any atom is 0.343 e. The predicted molar refractivity (Wildman–Crippen MR) is 84.2 cm³/mol. The Kier molecular flexibility index (Phi) is 4.10. The Balaban J connectivity index is 1.85. The van der Waals surface area contributed by atoms with Gasteiger partial charge in [0.1, 0.15) is 5.65 Å². The zero-order chi connectivity index (χ0) is 15.5. The average molecular weight is 317 g/mol. The summed E-state index contributed by atoms with van der Waals surface area (Å²) in [5.74, 6) is 0.481. The Hall–Kier alpha value is -2.35. The van der Waals surface area contributed by atoms with Crippen molar-refractivity contribution in [2.45, 2.75) is 30.8 Å². The van der Waals surface area contributed by atoms with Crippen LogP contribution >= 0.6 is 11.8 Å². The van der Waals surface area contributed by atoms with Crippen molar-refractivity contribution in [1.29, 1.82) is 0 Å². The van der Waals surface area contributed by atoms with Gasteiger partial charge in [-0.2, -0.15) is 0 Å². The molecule has 0 aliphatic rings. The van der Waals surface area contributed by atoms with Gasteiger partial charge in [0.25, 0.3) is 5.56 Å². The number of fused-ring (bicyclic) bond motifs is 1. The summed E-state index contributed by atoms with van der Waals surface area (Å²) >= 11 is 1.39. The minimum absolute atomic E-state index is 0.117. The normalized spacial score (nSPS) is 11.1. The number of aromatic amines is 1. The maximum atomic E-state index is 12.0. The molecule has 3 aromatic rings. The van der Waals surface area contributed by atoms with Crippen LogP contribution < -0.4 is 11.2 Å². The number of rotatable bonds is 5. The molecule has 0 aliphatic carbocycles. The van der Waals surface area contributed by atoms with Gasteiger partial charge in [-0.1, -0.05) is 24.8 Å². The fourth-order valence-electron chi connectivity index (χ4n) is 2.15. The Morgan fingerprint density at radius 3 is 3.00 bits per heavy atom. The highest BCUT2D eigenvalue weighted by Crippen LogP contribution is 2.18. The molecule has 3 aromatic heterocycles. The molecule has 0 unspecified atom stereocenters. The van der Waals surface area contributed by atoms with E-state index in [9.17, 15) is 9.59 Å². The number of hydrogen-bond donors (Lipinski definition) is 1. The fraction of sp³-hybridized carbons (Fsp3) is 0.286. The Labute approximate surface area is 130 Å². The summed E-state index contributed by atoms with van der Waals surface area (Å²) in [6.45, 7) is 2.62. The third-order valence-electron chi connectivity index (χ3n) is 3.14. The van der Waals surface area contributed by atoms with Crippen LogP contribution in [0, 0.1) is 0 Å². The van der Waals surface area contributed by atoms with Crippen molar-refractivity contribution in [2.75, 3.05) is 0 Å². The second-order valence-corrected chi connectivity index (χ2v) is 5.71. The van der Waals surface area contributed by atoms with Crippen LogP contribution in [-0.4, -0.2) is 24.1 Å². The minimum Gasteiger partial charge on any atom is -0.270 e. The van der Waals surface area contributed by atoms with E-state index in [-0.39, 0.29) is 11.2 Å². The van der Waals surface area contributed by atoms with Crippen LogP contribution in [0.3, 0.4) is 0 Å². The molecule has 0 saturated heterocycles. The van der Waals surface area contributed by atoms with Crippen LogP contribution in [0.25, 0.3) is 5.65 Å². The molecule has 0 aliphatic heterocycles. The molecular formula is C14H15N5O2S. The van der Waals surface area contributed by atoms with Crippen molar-refractivity contribution < 1.29 is 0 Å². The highest BCUT2D eigenvalue weighted by Gasteiger charge is 2.09. The van der Waals surface area contributed by atoms with Crippen LogP contribution in [0.1, 0.15) is 19.0 Å². The molecule has 7 nitrogen and oxygen atoms in total. The third-order valence-corrected chi connectivity index (χ3v) is 4.15. The molecule has 114 valence electrons. The highest BCUT2D eigenvalue weighted by molar-refractivity contribution is 7.98. The van der Waals surface area contributed by atoms with Crippen LogP contribution in [0.2, 0.25) is 0 Å². The van der Waals surface area contributed by atoms with Crippen molar-refractivity contribution in [2.24, 2.45) is 0 Å². The average Bonchev–Trinajstić information content (AvgIpc) is 2.86. The van der Waals surface area contributed by atoms with Crippen LogP contribution in [0.15, 0.2) is 45.2 Å². The predicted octanol–water partition coefficient (Wildman–Crippen LogP) is 1.28. The van der Waals surface area contributed by atoms with Gasteiger partial charge in [0.05, 0.1) is 5.69 Å². The van der Waals surface area contributed by atoms with Crippen molar-refractivity contribution in [3.05, 3.63) is 57.0 Å². The molecule has 22 heavy (non-hydrogen) atoms. The third kappa shape index (κ3) is 2.82. The number of thioether (sulfide) groups is 1. The van der Waals surface area contributed by atoms with E-state index in [1.165, 1.54) is 22.2 Å². The van der Waals surface area contributed by atoms with Crippen molar-refractivity contribution in [1.82, 2.24) is 24.1 Å². The first kappa shape index (κ1) is 14.6. The quantitative estimate of drug-likeness (QED) is 0.717. The summed E-state index contributed by atoms with van der Waals surface area (Å²) in [7, 11) is 0. The van der Waals surface area contributed by atoms with Crippen LogP contribution in [0.4, 0.5) is 0 Å². The summed E-state index contributed by atoms with van der Waals surface area (Å²) in [5.41, 5.74) is 0.948. The van der Waals surface area contributed by atoms with Gasteiger partial charge in [-0.3, -0.25) is 13.8 Å². The monoisotopic (exact) mass is 317 g/mol. The number of pyridine rings is 1. The van der Waals surface area contributed by atoms with Gasteiger partial charge in [0.15, 0.2) is 5.16 Å². The number of hydrogen-bond acceptors (Lipinski definition) is 5. The van der Waals surface area contributed by atoms with E-state index in [4.69, 9.17) is 0 Å². The van der Waals surface area contributed by atoms with Crippen molar-refractivity contribution in [3.63, 3.8) is 0 Å². The minimum atomic E-state index is -0.212. The van der Waals surface area contributed by atoms with Crippen LogP contribution in [-0.2, 0) is 12.3 Å². The molecular weight excluding hydrogens is 302 g/mol. The summed E-state index contributed by atoms with van der Waals surface area (Å²) < 4.78 is 3.09. The smallest absolute Gasteiger partial charge is 0.270 e. The fourth-order valence-corrected chi connectivity index (χ4v) is 3.01. The lowest BCUT2D eigenvalue weighted by atomic mass is 10.4. The molecule has 0 atom stereocenters. The first-order chi connectivity index (χ1) is 10.7. The number of aromatic nitrogens is 5. The molecule has 1 N–H and O–H groups in total. The summed E-state index contributed by atoms with van der Waals surface area (Å²) in [4.78, 5) is 28.1. The first-order valence-electron chi connectivity index (χ1n) is 6.94. The molecule has 0 spiro atoms. The molecule has 0 aromatic carbocycles. The zero-order valence-electron chi connectivity index (χ0n) is 12.0. The standard InChI is InChI=1S/C14H15N5O2S/c1-2-6-19-13(21)16-17-14(19)22-9-10-8-12(20)18-7-4-3-5-11(18)15-10/h3-5,7-8H,2,6,9H2,1H3,(H,16,21). The van der Waals surface area contributed by atoms with Crippen molar-refractivity contribution >= 4 is 17.4 Å². The topological polar surface area (TPSA) is 85.0 Å². The molecule has 8 heteroatoms. The lowest BCUT2D eigenvalue weighted by molar-refractivity contribution is 0.603. The van der Waals surface area contributed by atoms with E-state index >= 15 is 0 Å². The number of nitrogens with zero attached hydrogens (tertiary/aromatic N) is 4. The van der Waals surface area contributed by atoms with E-state index in [1.807, 2.05) is 13.0 Å². The van der Waals surface area contributed by atoms with Gasteiger partial charge in [0, 0.05) is 24.6 Å². The molecule has 3 rings (SSSR count). The number of H-pyrrole nitrogens is 1. The zero-order valence-corrected chi connectivity index (χ0v) is 12.8. The van der Waals surface area contributed by atoms with Crippen molar-refractivity contribution in [3.8, 4) is 0 Å². The summed E-state index contributed by atoms with van der Waals surface area (Å²) in [6.07, 6.45) is 2.54. The summed E-state index contributed by atoms with van der Waals surface area (Å²) in [5, 5.41) is 7.07. The van der Waals surface area contributed by atoms with Gasteiger partial charge in [-0.25, -0.2) is 14.9 Å². The van der Waals surface area contributed by atoms with Gasteiger partial charge in [-0.05, 0) is 18.6 Å². The lowest BCUT2D eigenvalue weighted by Crippen LogP contribution is -2.17. The Morgan fingerprint density at radius 1 is 1.32 bits per heavy atom. The molecule has 3 heterocycles. The van der Waals surface area contributed by atoms with E-state index in [0.29, 0.717) is 28.8 Å². The Bertz CT molecular complexity index is 911. The molecule has 0 saturated carbocycles. The molecule has 0 fully saturated rings. The second kappa shape index (κ2) is 6.18. The van der Waals surface area contributed by atoms with Gasteiger partial charge in [-0.15, -0.1) is 5.10 Å². The van der Waals surface area contributed by atoms with Gasteiger partial charge < -0.3 is 0 Å². The van der Waals surface area contributed by atoms with E-state index in [2.05, 4.69) is 15.2 Å². The van der Waals surface area contributed by atoms with E-state index in [1.54, 1.807) is 22.9 Å².